The van der Waals surface area contributed by atoms with E-state index in [1.165, 1.54) is 4.57 Å². The van der Waals surface area contributed by atoms with Crippen LogP contribution in [-0.2, 0) is 4.74 Å². The van der Waals surface area contributed by atoms with Crippen molar-refractivity contribution < 1.29 is 23.0 Å². The van der Waals surface area contributed by atoms with E-state index in [-0.39, 0.29) is 23.5 Å². The lowest BCUT2D eigenvalue weighted by Crippen LogP contribution is -2.37. The number of para-hydroxylation sites is 2. The lowest BCUT2D eigenvalue weighted by Gasteiger charge is -2.27. The number of likely N-dealkylation sites (tertiary alicyclic amines) is 1. The Morgan fingerprint density at radius 1 is 1.05 bits per heavy atom. The molecule has 6 rings (SSSR count). The number of rotatable bonds is 7. The standard InChI is InChI=1S/C27H27F2N7O3/c28-24(29)25-31-19-5-1-2-7-21(19)36(25)22-15-23(33-27(32-22)34-11-13-38-14-12-34)39-17-18-8-10-35(16-18)26(37)20-6-3-4-9-30-20/h1-7,9,15,18,24H,8,10-14,16-17H2/t18-/m0/s1. The summed E-state index contributed by atoms with van der Waals surface area (Å²) in [5, 5.41) is 0. The van der Waals surface area contributed by atoms with Gasteiger partial charge in [0.1, 0.15) is 11.5 Å². The Hall–Kier alpha value is -4.19. The number of morpholine rings is 1. The zero-order valence-corrected chi connectivity index (χ0v) is 21.1. The van der Waals surface area contributed by atoms with Gasteiger partial charge in [-0.1, -0.05) is 18.2 Å². The highest BCUT2D eigenvalue weighted by Gasteiger charge is 2.29. The first-order chi connectivity index (χ1) is 19.1. The lowest BCUT2D eigenvalue weighted by molar-refractivity contribution is 0.0777. The molecule has 0 radical (unpaired) electrons. The number of amides is 1. The minimum Gasteiger partial charge on any atom is -0.477 e. The Balaban J connectivity index is 1.27. The molecule has 39 heavy (non-hydrogen) atoms. The molecule has 10 nitrogen and oxygen atoms in total. The highest BCUT2D eigenvalue weighted by molar-refractivity contribution is 5.92. The van der Waals surface area contributed by atoms with Crippen molar-refractivity contribution in [3.63, 3.8) is 0 Å². The third-order valence-electron chi connectivity index (χ3n) is 6.91. The normalized spacial score (nSPS) is 17.8. The van der Waals surface area contributed by atoms with Gasteiger partial charge >= 0.3 is 0 Å². The van der Waals surface area contributed by atoms with Crippen LogP contribution in [0.3, 0.4) is 0 Å². The number of alkyl halides is 2. The molecular formula is C27H27F2N7O3. The number of fused-ring (bicyclic) bond motifs is 1. The van der Waals surface area contributed by atoms with E-state index < -0.39 is 12.2 Å². The van der Waals surface area contributed by atoms with E-state index in [9.17, 15) is 13.6 Å². The molecule has 0 N–H and O–H groups in total. The quantitative estimate of drug-likeness (QED) is 0.355. The van der Waals surface area contributed by atoms with E-state index in [1.807, 2.05) is 4.90 Å². The Bertz CT molecular complexity index is 1460. The third-order valence-corrected chi connectivity index (χ3v) is 6.91. The molecule has 202 valence electrons. The summed E-state index contributed by atoms with van der Waals surface area (Å²) in [6.45, 7) is 3.63. The monoisotopic (exact) mass is 535 g/mol. The van der Waals surface area contributed by atoms with E-state index >= 15 is 0 Å². The molecule has 1 aromatic carbocycles. The van der Waals surface area contributed by atoms with E-state index in [2.05, 4.69) is 19.9 Å². The molecule has 0 spiro atoms. The average Bonchev–Trinajstić information content (AvgIpc) is 3.62. The molecule has 4 aromatic rings. The van der Waals surface area contributed by atoms with Crippen LogP contribution in [0.25, 0.3) is 16.9 Å². The van der Waals surface area contributed by atoms with E-state index in [0.717, 1.165) is 6.42 Å². The predicted molar refractivity (Wildman–Crippen MR) is 138 cm³/mol. The maximum Gasteiger partial charge on any atom is 0.296 e. The van der Waals surface area contributed by atoms with Crippen LogP contribution in [0.1, 0.15) is 29.2 Å². The van der Waals surface area contributed by atoms with Crippen molar-refractivity contribution in [2.75, 3.05) is 50.9 Å². The van der Waals surface area contributed by atoms with Crippen LogP contribution in [-0.4, -0.2) is 81.3 Å². The second-order valence-electron chi connectivity index (χ2n) is 9.49. The van der Waals surface area contributed by atoms with Crippen molar-refractivity contribution in [2.24, 2.45) is 5.92 Å². The number of pyridine rings is 1. The fourth-order valence-electron chi connectivity index (χ4n) is 4.93. The molecule has 2 fully saturated rings. The molecule has 3 aromatic heterocycles. The summed E-state index contributed by atoms with van der Waals surface area (Å²) >= 11 is 0. The number of carbonyl (C=O) groups excluding carboxylic acids is 1. The molecule has 12 heteroatoms. The fourth-order valence-corrected chi connectivity index (χ4v) is 4.93. The van der Waals surface area contributed by atoms with Crippen LogP contribution < -0.4 is 9.64 Å². The van der Waals surface area contributed by atoms with Gasteiger partial charge in [0, 0.05) is 44.4 Å². The minimum atomic E-state index is -2.80. The van der Waals surface area contributed by atoms with Crippen molar-refractivity contribution in [1.82, 2.24) is 29.4 Å². The Morgan fingerprint density at radius 3 is 2.67 bits per heavy atom. The van der Waals surface area contributed by atoms with Gasteiger partial charge in [0.15, 0.2) is 5.82 Å². The first-order valence-corrected chi connectivity index (χ1v) is 12.9. The van der Waals surface area contributed by atoms with Crippen molar-refractivity contribution >= 4 is 22.9 Å². The Kier molecular flexibility index (Phi) is 7.01. The number of anilines is 1. The van der Waals surface area contributed by atoms with Crippen LogP contribution in [0.5, 0.6) is 5.88 Å². The summed E-state index contributed by atoms with van der Waals surface area (Å²) in [6.07, 6.45) is -0.426. The van der Waals surface area contributed by atoms with Gasteiger partial charge in [-0.25, -0.2) is 13.8 Å². The maximum atomic E-state index is 14.1. The van der Waals surface area contributed by atoms with Gasteiger partial charge in [-0.3, -0.25) is 14.3 Å². The number of benzene rings is 1. The number of hydrogen-bond donors (Lipinski definition) is 0. The summed E-state index contributed by atoms with van der Waals surface area (Å²) in [5.74, 6) is 0.491. The molecule has 2 aliphatic heterocycles. The van der Waals surface area contributed by atoms with Gasteiger partial charge < -0.3 is 19.3 Å². The van der Waals surface area contributed by atoms with Crippen LogP contribution in [0.2, 0.25) is 0 Å². The summed E-state index contributed by atoms with van der Waals surface area (Å²) in [5.41, 5.74) is 1.38. The van der Waals surface area contributed by atoms with Crippen LogP contribution in [0.4, 0.5) is 14.7 Å². The zero-order valence-electron chi connectivity index (χ0n) is 21.1. The number of halogens is 2. The zero-order chi connectivity index (χ0) is 26.8. The number of aromatic nitrogens is 5. The molecule has 1 amide bonds. The highest BCUT2D eigenvalue weighted by Crippen LogP contribution is 2.30. The Labute approximate surface area is 223 Å². The van der Waals surface area contributed by atoms with Gasteiger partial charge in [0.25, 0.3) is 12.3 Å². The summed E-state index contributed by atoms with van der Waals surface area (Å²) in [7, 11) is 0. The topological polar surface area (TPSA) is 98.5 Å². The second kappa shape index (κ2) is 10.9. The van der Waals surface area contributed by atoms with Crippen molar-refractivity contribution in [3.05, 3.63) is 66.2 Å². The van der Waals surface area contributed by atoms with Crippen LogP contribution in [0, 0.1) is 5.92 Å². The van der Waals surface area contributed by atoms with Crippen molar-refractivity contribution in [3.8, 4) is 11.7 Å². The number of carbonyl (C=O) groups is 1. The summed E-state index contributed by atoms with van der Waals surface area (Å²) in [4.78, 5) is 34.1. The number of nitrogens with zero attached hydrogens (tertiary/aromatic N) is 7. The fraction of sp³-hybridized carbons (Fsp3) is 0.370. The van der Waals surface area contributed by atoms with Gasteiger partial charge in [-0.15, -0.1) is 0 Å². The van der Waals surface area contributed by atoms with E-state index in [0.29, 0.717) is 68.7 Å². The smallest absolute Gasteiger partial charge is 0.296 e. The van der Waals surface area contributed by atoms with E-state index in [4.69, 9.17) is 9.47 Å². The predicted octanol–water partition coefficient (Wildman–Crippen LogP) is 3.53. The largest absolute Gasteiger partial charge is 0.477 e. The van der Waals surface area contributed by atoms with Crippen LogP contribution in [0.15, 0.2) is 54.7 Å². The summed E-state index contributed by atoms with van der Waals surface area (Å²) in [6, 6.07) is 13.8. The number of hydrogen-bond acceptors (Lipinski definition) is 8. The molecule has 0 saturated carbocycles. The summed E-state index contributed by atoms with van der Waals surface area (Å²) < 4.78 is 41.1. The molecule has 0 aliphatic carbocycles. The molecule has 2 saturated heterocycles. The number of imidazole rings is 1. The molecular weight excluding hydrogens is 508 g/mol. The van der Waals surface area contributed by atoms with Gasteiger partial charge in [-0.2, -0.15) is 9.97 Å². The SMILES string of the molecule is O=C(c1ccccn1)N1CC[C@H](COc2cc(-n3c(C(F)F)nc4ccccc43)nc(N3CCOCC3)n2)C1. The maximum absolute atomic E-state index is 14.1. The first-order valence-electron chi connectivity index (χ1n) is 12.9. The lowest BCUT2D eigenvalue weighted by atomic mass is 10.1. The molecule has 1 atom stereocenters. The van der Waals surface area contributed by atoms with Crippen molar-refractivity contribution in [2.45, 2.75) is 12.8 Å². The van der Waals surface area contributed by atoms with Crippen LogP contribution >= 0.6 is 0 Å². The molecule has 2 aliphatic rings. The first kappa shape index (κ1) is 25.1. The Morgan fingerprint density at radius 2 is 1.87 bits per heavy atom. The van der Waals surface area contributed by atoms with E-state index in [1.54, 1.807) is 59.6 Å². The van der Waals surface area contributed by atoms with Crippen molar-refractivity contribution in [1.29, 1.82) is 0 Å². The van der Waals surface area contributed by atoms with Gasteiger partial charge in [-0.05, 0) is 30.7 Å². The molecule has 5 heterocycles. The number of ether oxygens (including phenoxy) is 2. The molecule has 0 bridgehead atoms. The van der Waals surface area contributed by atoms with Gasteiger partial charge in [0.2, 0.25) is 11.8 Å². The molecule has 0 unspecified atom stereocenters. The van der Waals surface area contributed by atoms with Gasteiger partial charge in [0.05, 0.1) is 30.9 Å². The second-order valence-corrected chi connectivity index (χ2v) is 9.49. The minimum absolute atomic E-state index is 0.0913. The third kappa shape index (κ3) is 5.24. The highest BCUT2D eigenvalue weighted by atomic mass is 19.3. The average molecular weight is 536 g/mol.